The Morgan fingerprint density at radius 3 is 2.50 bits per heavy atom. The van der Waals surface area contributed by atoms with E-state index >= 15 is 0 Å². The molecule has 2 heterocycles. The van der Waals surface area contributed by atoms with E-state index < -0.39 is 11.6 Å². The van der Waals surface area contributed by atoms with Crippen molar-refractivity contribution in [1.29, 1.82) is 0 Å². The van der Waals surface area contributed by atoms with Gasteiger partial charge in [0.2, 0.25) is 0 Å². The summed E-state index contributed by atoms with van der Waals surface area (Å²) in [4.78, 5) is 22.0. The fourth-order valence-electron chi connectivity index (χ4n) is 2.74. The summed E-state index contributed by atoms with van der Waals surface area (Å²) < 4.78 is 26.7. The second-order valence-corrected chi connectivity index (χ2v) is 7.23. The number of halogens is 2. The van der Waals surface area contributed by atoms with Crippen LogP contribution in [0.3, 0.4) is 0 Å². The second-order valence-electron chi connectivity index (χ2n) is 5.94. The number of aromatic nitrogens is 1. The summed E-state index contributed by atoms with van der Waals surface area (Å²) in [7, 11) is 0. The van der Waals surface area contributed by atoms with Crippen molar-refractivity contribution in [3.8, 4) is 0 Å². The molecule has 1 fully saturated rings. The first kappa shape index (κ1) is 17.0. The Morgan fingerprint density at radius 2 is 1.92 bits per heavy atom. The summed E-state index contributed by atoms with van der Waals surface area (Å²) in [6, 6.07) is 3.07. The maximum Gasteiger partial charge on any atom is 0.256 e. The Kier molecular flexibility index (Phi) is 4.91. The van der Waals surface area contributed by atoms with Crippen LogP contribution in [-0.4, -0.2) is 46.9 Å². The summed E-state index contributed by atoms with van der Waals surface area (Å²) in [6.45, 7) is 7.32. The molecule has 1 saturated heterocycles. The van der Waals surface area contributed by atoms with Crippen LogP contribution in [0, 0.1) is 25.5 Å². The van der Waals surface area contributed by atoms with Gasteiger partial charge in [0.15, 0.2) is 0 Å². The zero-order chi connectivity index (χ0) is 17.3. The van der Waals surface area contributed by atoms with Crippen LogP contribution in [0.25, 0.3) is 0 Å². The van der Waals surface area contributed by atoms with E-state index in [1.807, 2.05) is 6.92 Å². The highest BCUT2D eigenvalue weighted by Crippen LogP contribution is 2.19. The molecule has 7 heteroatoms. The average molecular weight is 351 g/mol. The smallest absolute Gasteiger partial charge is 0.256 e. The van der Waals surface area contributed by atoms with Gasteiger partial charge >= 0.3 is 0 Å². The normalized spacial score (nSPS) is 15.8. The molecular formula is C17H19F2N3OS. The molecule has 2 aromatic rings. The first-order valence-electron chi connectivity index (χ1n) is 7.83. The third-order valence-electron chi connectivity index (χ3n) is 4.25. The molecule has 3 rings (SSSR count). The van der Waals surface area contributed by atoms with E-state index in [2.05, 4.69) is 16.8 Å². The molecule has 1 aliphatic heterocycles. The van der Waals surface area contributed by atoms with Crippen molar-refractivity contribution in [2.75, 3.05) is 26.2 Å². The van der Waals surface area contributed by atoms with E-state index in [-0.39, 0.29) is 11.5 Å². The third-order valence-corrected chi connectivity index (χ3v) is 5.31. The van der Waals surface area contributed by atoms with Gasteiger partial charge in [0.1, 0.15) is 16.6 Å². The van der Waals surface area contributed by atoms with E-state index in [4.69, 9.17) is 0 Å². The molecular weight excluding hydrogens is 332 g/mol. The maximum absolute atomic E-state index is 13.8. The number of carbonyl (C=O) groups excluding carboxylic acids is 1. The fourth-order valence-corrected chi connectivity index (χ4v) is 3.72. The van der Waals surface area contributed by atoms with Gasteiger partial charge in [-0.3, -0.25) is 9.69 Å². The number of piperazine rings is 1. The van der Waals surface area contributed by atoms with E-state index in [1.165, 1.54) is 10.9 Å². The van der Waals surface area contributed by atoms with E-state index in [1.54, 1.807) is 16.2 Å². The lowest BCUT2D eigenvalue weighted by molar-refractivity contribution is 0.0624. The molecule has 4 nitrogen and oxygen atoms in total. The molecule has 1 aromatic carbocycles. The first-order chi connectivity index (χ1) is 11.4. The summed E-state index contributed by atoms with van der Waals surface area (Å²) in [6.07, 6.45) is 0. The van der Waals surface area contributed by atoms with Crippen LogP contribution in [0.5, 0.6) is 0 Å². The van der Waals surface area contributed by atoms with Crippen molar-refractivity contribution in [2.45, 2.75) is 20.4 Å². The number of thiazole rings is 1. The summed E-state index contributed by atoms with van der Waals surface area (Å²) in [5.41, 5.74) is 0.992. The van der Waals surface area contributed by atoms with Crippen LogP contribution in [0.15, 0.2) is 18.2 Å². The maximum atomic E-state index is 13.8. The number of amides is 1. The number of hydrogen-bond donors (Lipinski definition) is 0. The highest BCUT2D eigenvalue weighted by molar-refractivity contribution is 7.11. The third kappa shape index (κ3) is 3.62. The van der Waals surface area contributed by atoms with Crippen molar-refractivity contribution in [2.24, 2.45) is 0 Å². The Balaban J connectivity index is 1.59. The summed E-state index contributed by atoms with van der Waals surface area (Å²) in [5, 5.41) is 1.08. The van der Waals surface area contributed by atoms with Crippen molar-refractivity contribution >= 4 is 17.2 Å². The molecule has 1 amide bonds. The minimum absolute atomic E-state index is 0.0731. The lowest BCUT2D eigenvalue weighted by atomic mass is 10.1. The molecule has 0 saturated carbocycles. The Labute approximate surface area is 143 Å². The number of carbonyl (C=O) groups is 1. The molecule has 0 unspecified atom stereocenters. The molecule has 1 aliphatic rings. The zero-order valence-corrected chi connectivity index (χ0v) is 14.5. The van der Waals surface area contributed by atoms with Crippen molar-refractivity contribution in [3.63, 3.8) is 0 Å². The van der Waals surface area contributed by atoms with Gasteiger partial charge in [-0.25, -0.2) is 13.8 Å². The van der Waals surface area contributed by atoms with Crippen LogP contribution < -0.4 is 0 Å². The molecule has 0 aliphatic carbocycles. The molecule has 0 bridgehead atoms. The SMILES string of the molecule is Cc1nc(CN2CCN(C(=O)c3ccc(F)cc3F)CC2)sc1C. The number of benzene rings is 1. The van der Waals surface area contributed by atoms with Gasteiger partial charge in [-0.1, -0.05) is 0 Å². The largest absolute Gasteiger partial charge is 0.336 e. The van der Waals surface area contributed by atoms with E-state index in [0.29, 0.717) is 26.2 Å². The number of nitrogens with zero attached hydrogens (tertiary/aromatic N) is 3. The Hall–Kier alpha value is -1.86. The molecule has 128 valence electrons. The van der Waals surface area contributed by atoms with Gasteiger partial charge in [0.25, 0.3) is 5.91 Å². The minimum Gasteiger partial charge on any atom is -0.336 e. The van der Waals surface area contributed by atoms with Gasteiger partial charge in [-0.15, -0.1) is 11.3 Å². The molecule has 0 spiro atoms. The molecule has 0 N–H and O–H groups in total. The van der Waals surface area contributed by atoms with Crippen LogP contribution >= 0.6 is 11.3 Å². The quantitative estimate of drug-likeness (QED) is 0.853. The number of hydrogen-bond acceptors (Lipinski definition) is 4. The van der Waals surface area contributed by atoms with Gasteiger partial charge in [-0.05, 0) is 26.0 Å². The number of aryl methyl sites for hydroxylation is 2. The number of rotatable bonds is 3. The van der Waals surface area contributed by atoms with Crippen molar-refractivity contribution in [1.82, 2.24) is 14.8 Å². The predicted octanol–water partition coefficient (Wildman–Crippen LogP) is 3.00. The van der Waals surface area contributed by atoms with Crippen LogP contribution in [0.1, 0.15) is 25.9 Å². The molecule has 24 heavy (non-hydrogen) atoms. The Morgan fingerprint density at radius 1 is 1.21 bits per heavy atom. The fraction of sp³-hybridized carbons (Fsp3) is 0.412. The van der Waals surface area contributed by atoms with E-state index in [9.17, 15) is 13.6 Å². The minimum atomic E-state index is -0.809. The predicted molar refractivity (Wildman–Crippen MR) is 89.1 cm³/mol. The van der Waals surface area contributed by atoms with Gasteiger partial charge in [0.05, 0.1) is 17.8 Å². The molecule has 0 radical (unpaired) electrons. The standard InChI is InChI=1S/C17H19F2N3OS/c1-11-12(2)24-16(20-11)10-21-5-7-22(8-6-21)17(23)14-4-3-13(18)9-15(14)19/h3-4,9H,5-8,10H2,1-2H3. The molecule has 0 atom stereocenters. The topological polar surface area (TPSA) is 36.4 Å². The monoisotopic (exact) mass is 351 g/mol. The van der Waals surface area contributed by atoms with E-state index in [0.717, 1.165) is 29.4 Å². The highest BCUT2D eigenvalue weighted by Gasteiger charge is 2.24. The molecule has 1 aromatic heterocycles. The van der Waals surface area contributed by atoms with Gasteiger partial charge in [0, 0.05) is 37.1 Å². The van der Waals surface area contributed by atoms with Gasteiger partial charge in [-0.2, -0.15) is 0 Å². The second kappa shape index (κ2) is 6.94. The Bertz CT molecular complexity index is 735. The lowest BCUT2D eigenvalue weighted by Crippen LogP contribution is -2.48. The van der Waals surface area contributed by atoms with Crippen molar-refractivity contribution < 1.29 is 13.6 Å². The van der Waals surface area contributed by atoms with Crippen LogP contribution in [0.2, 0.25) is 0 Å². The van der Waals surface area contributed by atoms with Gasteiger partial charge < -0.3 is 4.90 Å². The summed E-state index contributed by atoms with van der Waals surface area (Å²) >= 11 is 1.70. The zero-order valence-electron chi connectivity index (χ0n) is 13.7. The van der Waals surface area contributed by atoms with Crippen molar-refractivity contribution in [3.05, 3.63) is 51.0 Å². The average Bonchev–Trinajstić information content (AvgIpc) is 2.85. The highest BCUT2D eigenvalue weighted by atomic mass is 32.1. The van der Waals surface area contributed by atoms with Crippen LogP contribution in [-0.2, 0) is 6.54 Å². The lowest BCUT2D eigenvalue weighted by Gasteiger charge is -2.34. The summed E-state index contributed by atoms with van der Waals surface area (Å²) in [5.74, 6) is -1.87. The van der Waals surface area contributed by atoms with Crippen LogP contribution in [0.4, 0.5) is 8.78 Å². The first-order valence-corrected chi connectivity index (χ1v) is 8.65.